The molecule has 19 amide bonds. The molecule has 7 rings (SSSR count). The molecule has 2 aliphatic heterocycles. The largest absolute Gasteiger partial charge is 0.508 e. The number of nitrogens with one attached hydrogen (secondary N) is 16. The molecule has 4 bridgehead atoms. The topological polar surface area (TPSA) is 742 Å². The zero-order valence-electron chi connectivity index (χ0n) is 81.4. The Morgan fingerprint density at radius 3 is 1.40 bits per heavy atom. The average molecular weight is 2090 g/mol. The summed E-state index contributed by atoms with van der Waals surface area (Å²) in [4.78, 5) is 325. The maximum atomic E-state index is 15.5. The number of carbonyl (C=O) groups is 23. The van der Waals surface area contributed by atoms with E-state index in [9.17, 15) is 112 Å². The fourth-order valence-corrected chi connectivity index (χ4v) is 18.0. The van der Waals surface area contributed by atoms with Crippen LogP contribution in [0, 0.1) is 5.41 Å². The summed E-state index contributed by atoms with van der Waals surface area (Å²) in [6.07, 6.45) is -7.77. The quantitative estimate of drug-likeness (QED) is 0.0230. The second kappa shape index (κ2) is 57.5. The number of aliphatic carboxylic acids is 4. The minimum Gasteiger partial charge on any atom is -0.508 e. The summed E-state index contributed by atoms with van der Waals surface area (Å²) < 4.78 is 0. The van der Waals surface area contributed by atoms with Crippen molar-refractivity contribution in [3.8, 4) is 5.75 Å². The summed E-state index contributed by atoms with van der Waals surface area (Å²) in [5.41, 5.74) is 12.4. The van der Waals surface area contributed by atoms with Gasteiger partial charge in [0.15, 0.2) is 0 Å². The third kappa shape index (κ3) is 39.6. The number of hydrogen-bond acceptors (Lipinski definition) is 27. The molecule has 5 aromatic rings. The van der Waals surface area contributed by atoms with E-state index in [0.29, 0.717) is 45.0 Å². The van der Waals surface area contributed by atoms with Gasteiger partial charge in [0.25, 0.3) is 0 Å². The van der Waals surface area contributed by atoms with Gasteiger partial charge in [-0.3, -0.25) is 110 Å². The van der Waals surface area contributed by atoms with Gasteiger partial charge in [0.05, 0.1) is 25.8 Å². The number of nitrogens with two attached hydrogens (primary N) is 2. The molecule has 0 radical (unpaired) electrons. The lowest BCUT2D eigenvalue weighted by Crippen LogP contribution is -2.62. The van der Waals surface area contributed by atoms with E-state index in [1.54, 1.807) is 85.8 Å². The lowest BCUT2D eigenvalue weighted by atomic mass is 9.85. The van der Waals surface area contributed by atoms with E-state index in [2.05, 4.69) is 85.1 Å². The number of carbonyl (C=O) groups excluding carboxylic acids is 19. The molecule has 50 heteroatoms. The Labute approximate surface area is 851 Å². The molecule has 0 aliphatic carbocycles. The normalized spacial score (nSPS) is 22.6. The number of phenolic OH excluding ortho intramolecular Hbond substituents is 1. The van der Waals surface area contributed by atoms with Gasteiger partial charge in [0.1, 0.15) is 96.4 Å². The van der Waals surface area contributed by atoms with Crippen molar-refractivity contribution in [1.82, 2.24) is 90.0 Å². The van der Waals surface area contributed by atoms with Crippen molar-refractivity contribution in [3.63, 3.8) is 0 Å². The molecule has 2 aliphatic rings. The highest BCUT2D eigenvalue weighted by molar-refractivity contribution is 7.99. The first-order valence-electron chi connectivity index (χ1n) is 46.6. The minimum absolute atomic E-state index is 0.0467. The number of thioether (sulfide) groups is 3. The number of fused-ring (bicyclic) bond motifs is 6. The molecular formula is C96H125N19O28S3. The van der Waals surface area contributed by atoms with Gasteiger partial charge in [0, 0.05) is 93.1 Å². The van der Waals surface area contributed by atoms with Crippen LogP contribution in [-0.4, -0.2) is 295 Å². The zero-order valence-corrected chi connectivity index (χ0v) is 83.9. The molecule has 15 atom stereocenters. The molecule has 15 unspecified atom stereocenters. The number of benzene rings is 5. The number of rotatable bonds is 29. The van der Waals surface area contributed by atoms with Crippen molar-refractivity contribution in [2.24, 2.45) is 16.9 Å². The van der Waals surface area contributed by atoms with E-state index >= 15 is 24.0 Å². The fourth-order valence-electron chi connectivity index (χ4n) is 15.0. The van der Waals surface area contributed by atoms with Crippen molar-refractivity contribution < 1.29 is 136 Å². The number of nitrogens with zero attached hydrogens (tertiary/aromatic N) is 1. The van der Waals surface area contributed by atoms with Crippen LogP contribution in [0.4, 0.5) is 0 Å². The van der Waals surface area contributed by atoms with E-state index in [-0.39, 0.29) is 59.6 Å². The second-order valence-electron chi connectivity index (χ2n) is 36.1. The summed E-state index contributed by atoms with van der Waals surface area (Å²) in [5, 5.41) is 91.6. The van der Waals surface area contributed by atoms with E-state index in [0.717, 1.165) is 54.0 Å². The van der Waals surface area contributed by atoms with Crippen molar-refractivity contribution >= 4 is 182 Å². The first-order chi connectivity index (χ1) is 68.9. The summed E-state index contributed by atoms with van der Waals surface area (Å²) >= 11 is 2.90. The van der Waals surface area contributed by atoms with Gasteiger partial charge >= 0.3 is 23.9 Å². The van der Waals surface area contributed by atoms with E-state index < -0.39 is 309 Å². The van der Waals surface area contributed by atoms with Gasteiger partial charge in [-0.25, -0.2) is 0 Å². The summed E-state index contributed by atoms with van der Waals surface area (Å²) in [7, 11) is 1.30. The summed E-state index contributed by atoms with van der Waals surface area (Å²) in [6, 6.07) is 1.69. The Morgan fingerprint density at radius 1 is 0.445 bits per heavy atom. The monoisotopic (exact) mass is 2090 g/mol. The van der Waals surface area contributed by atoms with Gasteiger partial charge in [-0.1, -0.05) is 131 Å². The van der Waals surface area contributed by atoms with Crippen LogP contribution in [0.5, 0.6) is 5.75 Å². The van der Waals surface area contributed by atoms with Crippen LogP contribution in [0.15, 0.2) is 115 Å². The third-order valence-corrected chi connectivity index (χ3v) is 26.1. The van der Waals surface area contributed by atoms with Crippen molar-refractivity contribution in [3.05, 3.63) is 149 Å². The number of amides is 19. The van der Waals surface area contributed by atoms with E-state index in [4.69, 9.17) is 11.5 Å². The van der Waals surface area contributed by atoms with Crippen molar-refractivity contribution in [1.29, 1.82) is 0 Å². The highest BCUT2D eigenvalue weighted by Gasteiger charge is 2.42. The molecule has 0 saturated heterocycles. The van der Waals surface area contributed by atoms with Crippen molar-refractivity contribution in [2.75, 3.05) is 37.4 Å². The fraction of sp³-hybridized carbons (Fsp3) is 0.469. The molecular weight excluding hydrogens is 1960 g/mol. The zero-order chi connectivity index (χ0) is 108. The number of likely N-dealkylation sites (N-methyl/N-ethyl adjacent to an activating group) is 1. The number of carboxylic acids is 4. The summed E-state index contributed by atoms with van der Waals surface area (Å²) in [5.74, 6) is -29.7. The van der Waals surface area contributed by atoms with E-state index in [1.165, 1.54) is 71.1 Å². The number of phenols is 1. The first kappa shape index (κ1) is 118. The molecule has 47 nitrogen and oxygen atoms in total. The highest BCUT2D eigenvalue weighted by atomic mass is 32.2. The van der Waals surface area contributed by atoms with Crippen LogP contribution in [0.2, 0.25) is 0 Å². The number of primary amides is 2. The number of aromatic hydroxyl groups is 1. The van der Waals surface area contributed by atoms with Crippen LogP contribution < -0.4 is 96.5 Å². The standard InChI is InChI=1S/C96H125N19O28S3/c1-9-16-73(118)99-32-31-75(120)115(8)42-74(119)100-49(2)82(130)112-70-47-145-44-55-33-54-34-56(35-55)45-146-48-71(113-84(132)51(4)101-87(135)65(38-58-21-15-20-57-19-13-14-22-60(57)58)108-85(133)61(27-29-76(121)122)103-90(138)66(39-72(97)117)105-83(131)50(3)102-93(70)141)94(142)104-62(28-30-77(123)124)86(134)109-67(40-78(125)126)91(139)107-63(36-52-17-11-10-12-18-52)88(136)106-64(37-53-23-25-59(116)26-24-53)89(137)110-68(41-79(127)128)92(140)114-80(96(5,6)7)95(143)111-69(81(98)129)46-144-43-54/h10-15,17-26,33-35,49-51,61-71,80,116H,9,16,27-32,36-48H2,1-8H3,(H2,97,117)(H2,98,129)(H,99,118)(H,100,119)(H,101,135)(H,102,141)(H,103,138)(H,104,142)(H,105,131)(H,106,136)(H,107,139)(H,108,133)(H,109,134)(H,110,137)(H,111,143)(H,112,130)(H,113,132)(H,114,140)(H,121,122)(H,123,124)(H,125,126)(H,127,128). The maximum Gasteiger partial charge on any atom is 0.305 e. The van der Waals surface area contributed by atoms with Crippen LogP contribution in [0.1, 0.15) is 146 Å². The molecule has 25 N–H and O–H groups in total. The molecule has 2 heterocycles. The second-order valence-corrected chi connectivity index (χ2v) is 39.2. The molecule has 790 valence electrons. The minimum atomic E-state index is -2.25. The number of carboxylic acid groups (broad SMARTS) is 4. The summed E-state index contributed by atoms with van der Waals surface area (Å²) in [6.45, 7) is 9.14. The van der Waals surface area contributed by atoms with Gasteiger partial charge in [0.2, 0.25) is 112 Å². The van der Waals surface area contributed by atoms with Gasteiger partial charge in [-0.2, -0.15) is 35.3 Å². The Balaban J connectivity index is 1.41. The first-order valence-corrected chi connectivity index (χ1v) is 50.0. The molecule has 0 spiro atoms. The van der Waals surface area contributed by atoms with Crippen molar-refractivity contribution in [2.45, 2.75) is 240 Å². The Kier molecular flexibility index (Phi) is 46.5. The average Bonchev–Trinajstić information content (AvgIpc) is 0.813. The van der Waals surface area contributed by atoms with E-state index in [1.807, 2.05) is 0 Å². The number of hydrogen-bond donors (Lipinski definition) is 23. The Morgan fingerprint density at radius 2 is 0.884 bits per heavy atom. The van der Waals surface area contributed by atoms with Gasteiger partial charge in [-0.05, 0) is 102 Å². The van der Waals surface area contributed by atoms with Crippen LogP contribution >= 0.6 is 35.3 Å². The van der Waals surface area contributed by atoms with Crippen LogP contribution in [-0.2, 0) is 147 Å². The molecule has 0 aromatic heterocycles. The van der Waals surface area contributed by atoms with Crippen LogP contribution in [0.3, 0.4) is 0 Å². The smallest absolute Gasteiger partial charge is 0.305 e. The Hall–Kier alpha value is -15.0. The molecule has 0 fully saturated rings. The predicted molar refractivity (Wildman–Crippen MR) is 531 cm³/mol. The van der Waals surface area contributed by atoms with Gasteiger partial charge < -0.3 is 127 Å². The molecule has 5 aromatic carbocycles. The molecule has 146 heavy (non-hydrogen) atoms. The molecule has 0 saturated carbocycles. The maximum absolute atomic E-state index is 15.5. The Bertz CT molecular complexity index is 5620. The predicted octanol–water partition coefficient (Wildman–Crippen LogP) is -2.82. The SMILES string of the molecule is CCCC(=O)NCCC(=O)N(C)CC(=O)NC(C)C(=O)NC1CSCc2cc3cc(c2)CSCC(NC(=O)C(C)NC(=O)C(Cc2cccc4ccccc24)NC(=O)C(CCC(=O)O)NC(=O)C(CC(N)=O)NC(=O)C(C)NC1=O)C(=O)NC(CCC(=O)O)C(=O)NC(CC(=O)O)C(=O)NC(Cc1ccccc1)C(=O)NC(Cc1ccc(O)cc1)C(=O)NC(CC(=O)O)C(=O)NC(C(C)(C)C)C(=O)NC(C(N)=O)CSC3. The third-order valence-electron chi connectivity index (χ3n) is 22.8. The van der Waals surface area contributed by atoms with Gasteiger partial charge in [-0.15, -0.1) is 0 Å². The van der Waals surface area contributed by atoms with Crippen LogP contribution in [0.25, 0.3) is 10.8 Å². The highest BCUT2D eigenvalue weighted by Crippen LogP contribution is 2.28. The lowest BCUT2D eigenvalue weighted by molar-refractivity contribution is -0.142. The lowest BCUT2D eigenvalue weighted by Gasteiger charge is -2.33.